The Labute approximate surface area is 173 Å². The normalized spacial score (nSPS) is 10.0. The van der Waals surface area contributed by atoms with Gasteiger partial charge in [-0.3, -0.25) is 0 Å². The van der Waals surface area contributed by atoms with Crippen molar-refractivity contribution < 1.29 is 29.4 Å². The van der Waals surface area contributed by atoms with Crippen molar-refractivity contribution in [1.82, 2.24) is 0 Å². The molecule has 0 saturated heterocycles. The van der Waals surface area contributed by atoms with Crippen molar-refractivity contribution in [3.8, 4) is 0 Å². The number of hydrogen-bond donors (Lipinski definition) is 0. The van der Waals surface area contributed by atoms with E-state index in [1.807, 2.05) is 0 Å². The van der Waals surface area contributed by atoms with E-state index in [0.29, 0.717) is 32.6 Å². The topological polar surface area (TPSA) is 114 Å². The maximum atomic E-state index is 11.7. The fraction of sp³-hybridized carbons (Fsp3) is 0.700. The summed E-state index contributed by atoms with van der Waals surface area (Å²) in [5, 5.41) is 18.8. The van der Waals surface area contributed by atoms with Gasteiger partial charge in [0, 0.05) is 0 Å². The smallest absolute Gasteiger partial charge is 0.0643 e. The van der Waals surface area contributed by atoms with Crippen LogP contribution >= 0.6 is 0 Å². The molecule has 0 amide bonds. The molecule has 0 aliphatic rings. The zero-order chi connectivity index (χ0) is 20.9. The summed E-state index contributed by atoms with van der Waals surface area (Å²) in [6, 6.07) is 0. The third-order valence-electron chi connectivity index (χ3n) is 3.65. The number of unbranched alkanes of at least 4 members (excludes halogenated alkanes) is 8. The van der Waals surface area contributed by atoms with Crippen LogP contribution in [0.15, 0.2) is 12.2 Å². The Morgan fingerprint density at radius 1 is 0.630 bits per heavy atom. The minimum absolute atomic E-state index is 0.318. The molecule has 0 spiro atoms. The number of carbonyl (C=O) groups is 4. The molecule has 152 valence electrons. The van der Waals surface area contributed by atoms with Crippen LogP contribution in [0.3, 0.4) is 0 Å². The van der Waals surface area contributed by atoms with Gasteiger partial charge in [0.25, 0.3) is 0 Å². The number of carboxylic acids is 2. The molecule has 7 heteroatoms. The molecule has 0 aromatic carbocycles. The van der Waals surface area contributed by atoms with Crippen LogP contribution in [0.5, 0.6) is 0 Å². The number of rotatable bonds is 16. The Morgan fingerprint density at radius 2 is 0.963 bits per heavy atom. The number of carboxylic acid groups (broad SMARTS) is 2. The molecule has 0 rings (SSSR count). The predicted molar refractivity (Wildman–Crippen MR) is 102 cm³/mol. The molecular formula is C20H32O6Sn. The number of aliphatic carboxylic acids is 2. The minimum Gasteiger partial charge on any atom is -0.545 e. The molecule has 0 bridgehead atoms. The average molecular weight is 487 g/mol. The van der Waals surface area contributed by atoms with E-state index in [4.69, 9.17) is 0 Å². The molecule has 0 unspecified atom stereocenters. The third-order valence-corrected chi connectivity index (χ3v) is 6.67. The van der Waals surface area contributed by atoms with E-state index in [-0.39, 0.29) is 0 Å². The zero-order valence-corrected chi connectivity index (χ0v) is 19.4. The van der Waals surface area contributed by atoms with E-state index < -0.39 is 33.1 Å². The molecule has 0 saturated carbocycles. The molecule has 0 aromatic rings. The Balaban J connectivity index is 0. The quantitative estimate of drug-likeness (QED) is 0.185. The van der Waals surface area contributed by atoms with Crippen LogP contribution in [0.2, 0.25) is 0 Å². The maximum absolute atomic E-state index is 11.7. The van der Waals surface area contributed by atoms with E-state index >= 15 is 0 Å². The molecule has 0 heterocycles. The monoisotopic (exact) mass is 488 g/mol. The molecule has 0 aromatic heterocycles. The van der Waals surface area contributed by atoms with E-state index in [9.17, 15) is 29.4 Å². The second-order valence-corrected chi connectivity index (χ2v) is 10.2. The first-order valence-corrected chi connectivity index (χ1v) is 12.6. The summed E-state index contributed by atoms with van der Waals surface area (Å²) in [5.41, 5.74) is 0. The van der Waals surface area contributed by atoms with Crippen molar-refractivity contribution in [3.05, 3.63) is 12.2 Å². The third kappa shape index (κ3) is 27.1. The van der Waals surface area contributed by atoms with Crippen LogP contribution in [0.1, 0.15) is 90.9 Å². The predicted octanol–water partition coefficient (Wildman–Crippen LogP) is 1.51. The number of hydrogen-bond acceptors (Lipinski definition) is 6. The van der Waals surface area contributed by atoms with E-state index in [0.717, 1.165) is 25.7 Å². The van der Waals surface area contributed by atoms with Gasteiger partial charge < -0.3 is 19.8 Å². The van der Waals surface area contributed by atoms with Gasteiger partial charge in [0.2, 0.25) is 0 Å². The van der Waals surface area contributed by atoms with Crippen LogP contribution < -0.4 is 10.2 Å². The standard InChI is InChI=1S/2C8H15O.C4H4O4.Sn/c2*1-2-3-4-5-6-7-8-9;5-3(6)1-2-4(7)8;/h2*2-7H2,1H3;1-2H,(H,5,6)(H,7,8);/q;;;+2/p-2. The van der Waals surface area contributed by atoms with E-state index in [1.165, 1.54) is 38.5 Å². The summed E-state index contributed by atoms with van der Waals surface area (Å²) in [6.07, 6.45) is 13.9. The second-order valence-electron chi connectivity index (χ2n) is 6.27. The van der Waals surface area contributed by atoms with Crippen LogP contribution in [0.4, 0.5) is 0 Å². The molecule has 27 heavy (non-hydrogen) atoms. The summed E-state index contributed by atoms with van der Waals surface area (Å²) in [5.74, 6) is -3.09. The van der Waals surface area contributed by atoms with Gasteiger partial charge in [-0.1, -0.05) is 0 Å². The molecule has 6 nitrogen and oxygen atoms in total. The van der Waals surface area contributed by atoms with Crippen LogP contribution in [0, 0.1) is 0 Å². The summed E-state index contributed by atoms with van der Waals surface area (Å²) in [6.45, 7) is 4.39. The van der Waals surface area contributed by atoms with Gasteiger partial charge >= 0.3 is 129 Å². The molecule has 0 aliphatic heterocycles. The molecular weight excluding hydrogens is 455 g/mol. The zero-order valence-electron chi connectivity index (χ0n) is 16.6. The Bertz CT molecular complexity index is 419. The molecule has 0 atom stereocenters. The molecule has 0 fully saturated rings. The van der Waals surface area contributed by atoms with Gasteiger partial charge in [-0.25, -0.2) is 0 Å². The SMILES string of the molecule is CCCCCCC[C](=O)[Sn+2][C](=O)CCCCCCC.O=C([O-])C=CC(=O)[O-]. The maximum Gasteiger partial charge on any atom is 0.0643 e. The Hall–Kier alpha value is -1.18. The molecule has 0 radical (unpaired) electrons. The van der Waals surface area contributed by atoms with Crippen LogP contribution in [-0.4, -0.2) is 40.7 Å². The largest absolute Gasteiger partial charge is 0.545 e. The van der Waals surface area contributed by atoms with Gasteiger partial charge in [-0.05, 0) is 12.2 Å². The van der Waals surface area contributed by atoms with Gasteiger partial charge in [-0.2, -0.15) is 0 Å². The fourth-order valence-electron chi connectivity index (χ4n) is 2.19. The van der Waals surface area contributed by atoms with Gasteiger partial charge in [-0.15, -0.1) is 0 Å². The average Bonchev–Trinajstić information content (AvgIpc) is 2.60. The molecule has 0 N–H and O–H groups in total. The van der Waals surface area contributed by atoms with Crippen LogP contribution in [-0.2, 0) is 19.2 Å². The fourth-order valence-corrected chi connectivity index (χ4v) is 4.81. The Kier molecular flexibility index (Phi) is 21.9. The van der Waals surface area contributed by atoms with Crippen molar-refractivity contribution in [2.24, 2.45) is 0 Å². The summed E-state index contributed by atoms with van der Waals surface area (Å²) < 4.78 is 0.636. The van der Waals surface area contributed by atoms with Crippen LogP contribution in [0.25, 0.3) is 0 Å². The first-order chi connectivity index (χ1) is 12.8. The molecule has 0 aliphatic carbocycles. The Morgan fingerprint density at radius 3 is 1.26 bits per heavy atom. The van der Waals surface area contributed by atoms with Crippen molar-refractivity contribution >= 4 is 40.7 Å². The second kappa shape index (κ2) is 21.1. The van der Waals surface area contributed by atoms with Gasteiger partial charge in [0.05, 0.1) is 11.9 Å². The summed E-state index contributed by atoms with van der Waals surface area (Å²) >= 11 is -1.38. The van der Waals surface area contributed by atoms with Crippen molar-refractivity contribution in [1.29, 1.82) is 0 Å². The van der Waals surface area contributed by atoms with E-state index in [2.05, 4.69) is 13.8 Å². The first kappa shape index (κ1) is 28.0. The van der Waals surface area contributed by atoms with Gasteiger partial charge in [0.1, 0.15) is 0 Å². The van der Waals surface area contributed by atoms with E-state index in [1.54, 1.807) is 0 Å². The number of carbonyl (C=O) groups excluding carboxylic acids is 4. The summed E-state index contributed by atoms with van der Waals surface area (Å²) in [4.78, 5) is 42.2. The van der Waals surface area contributed by atoms with Gasteiger partial charge in [0.15, 0.2) is 0 Å². The minimum atomic E-state index is -1.55. The van der Waals surface area contributed by atoms with Crippen molar-refractivity contribution in [2.45, 2.75) is 90.9 Å². The van der Waals surface area contributed by atoms with Crippen molar-refractivity contribution in [3.63, 3.8) is 0 Å². The van der Waals surface area contributed by atoms with Crippen molar-refractivity contribution in [2.75, 3.05) is 0 Å². The summed E-state index contributed by atoms with van der Waals surface area (Å²) in [7, 11) is 0. The first-order valence-electron chi connectivity index (χ1n) is 9.76.